The lowest BCUT2D eigenvalue weighted by atomic mass is 10.1. The van der Waals surface area contributed by atoms with Gasteiger partial charge in [-0.2, -0.15) is 0 Å². The molecule has 0 saturated carbocycles. The molecular weight excluding hydrogens is 184 g/mol. The first kappa shape index (κ1) is 13.3. The Bertz CT molecular complexity index is 177. The number of hydrogen-bond donors (Lipinski definition) is 0. The molecule has 0 saturated heterocycles. The molecule has 0 aliphatic heterocycles. The molecule has 0 rings (SSSR count). The average molecular weight is 201 g/mol. The molecule has 0 unspecified atom stereocenters. The van der Waals surface area contributed by atoms with E-state index >= 15 is 0 Å². The van der Waals surface area contributed by atoms with Crippen molar-refractivity contribution in [3.8, 4) is 0 Å². The van der Waals surface area contributed by atoms with Crippen LogP contribution >= 0.6 is 0 Å². The maximum atomic E-state index is 11.0. The molecule has 0 heterocycles. The highest BCUT2D eigenvalue weighted by Crippen LogP contribution is 1.96. The molecule has 81 valence electrons. The number of ether oxygens (including phenoxy) is 1. The van der Waals surface area contributed by atoms with Gasteiger partial charge in [0.2, 0.25) is 0 Å². The third-order valence-corrected chi connectivity index (χ3v) is 1.76. The van der Waals surface area contributed by atoms with Crippen LogP contribution in [0.2, 0.25) is 0 Å². The van der Waals surface area contributed by atoms with Crippen LogP contribution in [0.25, 0.3) is 0 Å². The van der Waals surface area contributed by atoms with E-state index in [-0.39, 0.29) is 31.0 Å². The maximum absolute atomic E-state index is 11.0. The fourth-order valence-electron chi connectivity index (χ4n) is 0.934. The zero-order valence-corrected chi connectivity index (χ0v) is 8.58. The van der Waals surface area contributed by atoms with Gasteiger partial charge in [-0.15, -0.1) is 0 Å². The third kappa shape index (κ3) is 6.74. The Morgan fingerprint density at radius 2 is 1.71 bits per heavy atom. The Labute approximate surface area is 84.3 Å². The summed E-state index contributed by atoms with van der Waals surface area (Å²) < 4.78 is 5.07. The Morgan fingerprint density at radius 1 is 1.07 bits per heavy atom. The van der Waals surface area contributed by atoms with E-state index in [0.717, 1.165) is 0 Å². The van der Waals surface area contributed by atoms with Gasteiger partial charge in [0.05, 0.1) is 6.61 Å². The van der Waals surface area contributed by atoms with E-state index in [0.29, 0.717) is 26.1 Å². The van der Waals surface area contributed by atoms with Crippen LogP contribution in [0.15, 0.2) is 0 Å². The number of hydrogen-bond acceptors (Lipinski definition) is 3. The lowest BCUT2D eigenvalue weighted by Gasteiger charge is -2.01. The molecule has 0 aliphatic carbocycles. The van der Waals surface area contributed by atoms with Gasteiger partial charge in [0.25, 0.3) is 0 Å². The topological polar surface area (TPSA) is 63.3 Å². The zero-order chi connectivity index (χ0) is 10.8. The summed E-state index contributed by atoms with van der Waals surface area (Å²) in [7, 11) is 0. The SMILES string of the molecule is CCC(=O)C(=O)CCCOCCC[O]. The van der Waals surface area contributed by atoms with Gasteiger partial charge in [0.15, 0.2) is 11.6 Å². The number of carbonyl (C=O) groups excluding carboxylic acids is 2. The van der Waals surface area contributed by atoms with Gasteiger partial charge in [0, 0.05) is 26.1 Å². The lowest BCUT2D eigenvalue weighted by Crippen LogP contribution is -2.13. The van der Waals surface area contributed by atoms with E-state index in [1.807, 2.05) is 0 Å². The molecule has 0 aromatic rings. The predicted molar refractivity (Wildman–Crippen MR) is 50.5 cm³/mol. The highest BCUT2D eigenvalue weighted by atomic mass is 16.5. The summed E-state index contributed by atoms with van der Waals surface area (Å²) in [6, 6.07) is 0. The monoisotopic (exact) mass is 201 g/mol. The molecule has 0 bridgehead atoms. The average Bonchev–Trinajstić information content (AvgIpc) is 2.21. The molecular formula is C10H17O4. The van der Waals surface area contributed by atoms with Crippen molar-refractivity contribution in [3.05, 3.63) is 0 Å². The summed E-state index contributed by atoms with van der Waals surface area (Å²) in [6.07, 6.45) is 1.59. The summed E-state index contributed by atoms with van der Waals surface area (Å²) in [5, 5.41) is 10.0. The highest BCUT2D eigenvalue weighted by molar-refractivity contribution is 6.37. The summed E-state index contributed by atoms with van der Waals surface area (Å²) in [5.74, 6) is -0.635. The second-order valence-corrected chi connectivity index (χ2v) is 2.97. The predicted octanol–water partition coefficient (Wildman–Crippen LogP) is 1.15. The molecule has 0 amide bonds. The van der Waals surface area contributed by atoms with Crippen LogP contribution < -0.4 is 0 Å². The third-order valence-electron chi connectivity index (χ3n) is 1.76. The quantitative estimate of drug-likeness (QED) is 0.415. The molecule has 0 N–H and O–H groups in total. The molecule has 0 aromatic heterocycles. The number of carbonyl (C=O) groups is 2. The van der Waals surface area contributed by atoms with Crippen molar-refractivity contribution in [3.63, 3.8) is 0 Å². The number of rotatable bonds is 9. The number of Topliss-reactive ketones (excluding diaryl/α,β-unsaturated/α-hetero) is 2. The maximum Gasteiger partial charge on any atom is 0.198 e. The van der Waals surface area contributed by atoms with Gasteiger partial charge >= 0.3 is 0 Å². The molecule has 1 radical (unpaired) electrons. The van der Waals surface area contributed by atoms with Crippen LogP contribution in [-0.2, 0) is 19.4 Å². The fraction of sp³-hybridized carbons (Fsp3) is 0.800. The van der Waals surface area contributed by atoms with E-state index in [9.17, 15) is 14.7 Å². The zero-order valence-electron chi connectivity index (χ0n) is 8.58. The number of ketones is 2. The molecule has 0 aliphatic rings. The van der Waals surface area contributed by atoms with E-state index in [1.165, 1.54) is 0 Å². The Hall–Kier alpha value is -0.740. The van der Waals surface area contributed by atoms with Crippen LogP contribution in [-0.4, -0.2) is 31.4 Å². The van der Waals surface area contributed by atoms with E-state index in [4.69, 9.17) is 4.74 Å². The molecule has 0 spiro atoms. The van der Waals surface area contributed by atoms with Crippen LogP contribution in [0.5, 0.6) is 0 Å². The van der Waals surface area contributed by atoms with Gasteiger partial charge < -0.3 is 4.74 Å². The standard InChI is InChI=1S/C10H17O4/c1-2-9(12)10(13)5-3-7-14-8-4-6-11/h2-8H2,1H3. The minimum atomic E-state index is -0.320. The van der Waals surface area contributed by atoms with Crippen molar-refractivity contribution in [2.24, 2.45) is 0 Å². The van der Waals surface area contributed by atoms with Crippen molar-refractivity contribution < 1.29 is 19.4 Å². The molecule has 0 aromatic carbocycles. The Morgan fingerprint density at radius 3 is 2.29 bits per heavy atom. The van der Waals surface area contributed by atoms with Crippen LogP contribution in [0.3, 0.4) is 0 Å². The highest BCUT2D eigenvalue weighted by Gasteiger charge is 2.09. The molecule has 14 heavy (non-hydrogen) atoms. The largest absolute Gasteiger partial charge is 0.381 e. The minimum Gasteiger partial charge on any atom is -0.381 e. The van der Waals surface area contributed by atoms with Crippen molar-refractivity contribution >= 4 is 11.6 Å². The van der Waals surface area contributed by atoms with Crippen molar-refractivity contribution in [1.82, 2.24) is 0 Å². The first-order valence-corrected chi connectivity index (χ1v) is 4.94. The molecule has 0 atom stereocenters. The minimum absolute atomic E-state index is 0.132. The van der Waals surface area contributed by atoms with Gasteiger partial charge in [0.1, 0.15) is 0 Å². The second-order valence-electron chi connectivity index (χ2n) is 2.97. The van der Waals surface area contributed by atoms with Crippen LogP contribution in [0, 0.1) is 0 Å². The normalized spacial score (nSPS) is 10.1. The molecule has 4 heteroatoms. The lowest BCUT2D eigenvalue weighted by molar-refractivity contribution is -0.136. The smallest absolute Gasteiger partial charge is 0.198 e. The Kier molecular flexibility index (Phi) is 8.37. The fourth-order valence-corrected chi connectivity index (χ4v) is 0.934. The van der Waals surface area contributed by atoms with E-state index in [1.54, 1.807) is 6.92 Å². The van der Waals surface area contributed by atoms with Crippen molar-refractivity contribution in [2.45, 2.75) is 32.6 Å². The van der Waals surface area contributed by atoms with E-state index < -0.39 is 0 Å². The summed E-state index contributed by atoms with van der Waals surface area (Å²) in [6.45, 7) is 2.43. The van der Waals surface area contributed by atoms with Crippen LogP contribution in [0.1, 0.15) is 32.6 Å². The van der Waals surface area contributed by atoms with Gasteiger partial charge in [-0.05, 0) is 12.8 Å². The van der Waals surface area contributed by atoms with Crippen molar-refractivity contribution in [1.29, 1.82) is 0 Å². The van der Waals surface area contributed by atoms with Gasteiger partial charge in [-0.1, -0.05) is 6.92 Å². The Balaban J connectivity index is 3.27. The van der Waals surface area contributed by atoms with Gasteiger partial charge in [-0.3, -0.25) is 9.59 Å². The molecule has 4 nitrogen and oxygen atoms in total. The summed E-state index contributed by atoms with van der Waals surface area (Å²) in [4.78, 5) is 21.9. The van der Waals surface area contributed by atoms with Crippen LogP contribution in [0.4, 0.5) is 0 Å². The van der Waals surface area contributed by atoms with Crippen molar-refractivity contribution in [2.75, 3.05) is 19.8 Å². The molecule has 0 fully saturated rings. The first-order valence-electron chi connectivity index (χ1n) is 4.94. The summed E-state index contributed by atoms with van der Waals surface area (Å²) in [5.41, 5.74) is 0. The summed E-state index contributed by atoms with van der Waals surface area (Å²) >= 11 is 0. The second kappa shape index (κ2) is 8.84. The van der Waals surface area contributed by atoms with E-state index in [2.05, 4.69) is 0 Å². The first-order chi connectivity index (χ1) is 6.72. The van der Waals surface area contributed by atoms with Gasteiger partial charge in [-0.25, -0.2) is 5.11 Å².